The van der Waals surface area contributed by atoms with Crippen LogP contribution in [0.4, 0.5) is 0 Å². The second-order valence-electron chi connectivity index (χ2n) is 4.41. The highest BCUT2D eigenvalue weighted by molar-refractivity contribution is 5.76. The Bertz CT molecular complexity index is 343. The molecule has 0 aromatic carbocycles. The summed E-state index contributed by atoms with van der Waals surface area (Å²) in [7, 11) is 1.62. The Morgan fingerprint density at radius 3 is 2.94 bits per heavy atom. The molecule has 2 heterocycles. The Morgan fingerprint density at radius 2 is 2.35 bits per heavy atom. The highest BCUT2D eigenvalue weighted by Crippen LogP contribution is 2.26. The van der Waals surface area contributed by atoms with Crippen molar-refractivity contribution >= 4 is 5.91 Å². The number of H-pyrrole nitrogens is 1. The van der Waals surface area contributed by atoms with Gasteiger partial charge in [-0.05, 0) is 18.9 Å². The first-order chi connectivity index (χ1) is 8.31. The van der Waals surface area contributed by atoms with Crippen molar-refractivity contribution in [3.63, 3.8) is 0 Å². The highest BCUT2D eigenvalue weighted by Gasteiger charge is 2.23. The van der Waals surface area contributed by atoms with E-state index in [1.54, 1.807) is 13.3 Å². The van der Waals surface area contributed by atoms with Crippen LogP contribution in [-0.2, 0) is 9.53 Å². The molecule has 17 heavy (non-hydrogen) atoms. The standard InChI is InChI=1S/C12H19N3O2/c1-17-9-5-12(16)15-7-3-10(4-8-15)11-2-6-13-14-11/h2,6,10H,3-5,7-9H2,1H3,(H,13,14). The molecule has 0 atom stereocenters. The van der Waals surface area contributed by atoms with Gasteiger partial charge in [0.15, 0.2) is 0 Å². The number of carbonyl (C=O) groups is 1. The SMILES string of the molecule is COCCC(=O)N1CCC(c2ccn[nH]2)CC1. The fraction of sp³-hybridized carbons (Fsp3) is 0.667. The summed E-state index contributed by atoms with van der Waals surface area (Å²) in [4.78, 5) is 13.7. The Labute approximate surface area is 101 Å². The van der Waals surface area contributed by atoms with E-state index in [2.05, 4.69) is 10.2 Å². The van der Waals surface area contributed by atoms with Gasteiger partial charge in [0.25, 0.3) is 0 Å². The van der Waals surface area contributed by atoms with Crippen LogP contribution in [0.1, 0.15) is 30.9 Å². The zero-order valence-electron chi connectivity index (χ0n) is 10.2. The summed E-state index contributed by atoms with van der Waals surface area (Å²) in [6, 6.07) is 2.02. The van der Waals surface area contributed by atoms with E-state index >= 15 is 0 Å². The Balaban J connectivity index is 1.80. The molecule has 0 bridgehead atoms. The van der Waals surface area contributed by atoms with Crippen molar-refractivity contribution in [3.05, 3.63) is 18.0 Å². The van der Waals surface area contributed by atoms with E-state index in [0.29, 0.717) is 18.9 Å². The average Bonchev–Trinajstić information content (AvgIpc) is 2.90. The number of piperidine rings is 1. The second-order valence-corrected chi connectivity index (χ2v) is 4.41. The maximum atomic E-state index is 11.8. The number of rotatable bonds is 4. The first kappa shape index (κ1) is 12.1. The predicted molar refractivity (Wildman–Crippen MR) is 63.6 cm³/mol. The second kappa shape index (κ2) is 5.82. The Morgan fingerprint density at radius 1 is 1.59 bits per heavy atom. The van der Waals surface area contributed by atoms with Crippen molar-refractivity contribution in [1.29, 1.82) is 0 Å². The molecule has 0 unspecified atom stereocenters. The summed E-state index contributed by atoms with van der Waals surface area (Å²) in [6.07, 6.45) is 4.30. The van der Waals surface area contributed by atoms with Gasteiger partial charge in [-0.1, -0.05) is 0 Å². The van der Waals surface area contributed by atoms with Crippen LogP contribution in [0.2, 0.25) is 0 Å². The van der Waals surface area contributed by atoms with Gasteiger partial charge in [0, 0.05) is 38.0 Å². The van der Waals surface area contributed by atoms with Crippen molar-refractivity contribution in [2.45, 2.75) is 25.2 Å². The number of hydrogen-bond acceptors (Lipinski definition) is 3. The molecule has 0 radical (unpaired) electrons. The maximum absolute atomic E-state index is 11.8. The monoisotopic (exact) mass is 237 g/mol. The van der Waals surface area contributed by atoms with E-state index in [9.17, 15) is 4.79 Å². The van der Waals surface area contributed by atoms with Crippen LogP contribution in [0.5, 0.6) is 0 Å². The molecule has 1 aromatic heterocycles. The summed E-state index contributed by atoms with van der Waals surface area (Å²) in [6.45, 7) is 2.19. The molecular formula is C12H19N3O2. The third kappa shape index (κ3) is 3.06. The number of nitrogens with one attached hydrogen (secondary N) is 1. The van der Waals surface area contributed by atoms with Gasteiger partial charge < -0.3 is 9.64 Å². The Kier molecular flexibility index (Phi) is 4.14. The van der Waals surface area contributed by atoms with Crippen LogP contribution in [0.25, 0.3) is 0 Å². The van der Waals surface area contributed by atoms with Gasteiger partial charge in [0.05, 0.1) is 13.0 Å². The van der Waals surface area contributed by atoms with Crippen molar-refractivity contribution in [1.82, 2.24) is 15.1 Å². The topological polar surface area (TPSA) is 58.2 Å². The van der Waals surface area contributed by atoms with Gasteiger partial charge >= 0.3 is 0 Å². The Hall–Kier alpha value is -1.36. The number of ether oxygens (including phenoxy) is 1. The van der Waals surface area contributed by atoms with Gasteiger partial charge in [-0.15, -0.1) is 0 Å². The molecular weight excluding hydrogens is 218 g/mol. The average molecular weight is 237 g/mol. The summed E-state index contributed by atoms with van der Waals surface area (Å²) < 4.78 is 4.92. The number of likely N-dealkylation sites (tertiary alicyclic amines) is 1. The summed E-state index contributed by atoms with van der Waals surface area (Å²) in [5, 5.41) is 6.98. The molecule has 0 saturated carbocycles. The quantitative estimate of drug-likeness (QED) is 0.854. The molecule has 0 aliphatic carbocycles. The van der Waals surface area contributed by atoms with Gasteiger partial charge in [0.1, 0.15) is 0 Å². The molecule has 1 aromatic rings. The molecule has 5 heteroatoms. The number of amides is 1. The lowest BCUT2D eigenvalue weighted by Crippen LogP contribution is -2.38. The molecule has 1 amide bonds. The van der Waals surface area contributed by atoms with Crippen LogP contribution in [0.3, 0.4) is 0 Å². The van der Waals surface area contributed by atoms with Crippen LogP contribution in [-0.4, -0.2) is 47.8 Å². The van der Waals surface area contributed by atoms with Crippen molar-refractivity contribution < 1.29 is 9.53 Å². The lowest BCUT2D eigenvalue weighted by Gasteiger charge is -2.31. The van der Waals surface area contributed by atoms with E-state index in [-0.39, 0.29) is 5.91 Å². The van der Waals surface area contributed by atoms with Crippen LogP contribution < -0.4 is 0 Å². The van der Waals surface area contributed by atoms with E-state index in [0.717, 1.165) is 25.9 Å². The molecule has 94 valence electrons. The largest absolute Gasteiger partial charge is 0.384 e. The number of methoxy groups -OCH3 is 1. The van der Waals surface area contributed by atoms with E-state index in [1.165, 1.54) is 5.69 Å². The van der Waals surface area contributed by atoms with Gasteiger partial charge in [-0.3, -0.25) is 9.89 Å². The number of nitrogens with zero attached hydrogens (tertiary/aromatic N) is 2. The number of carbonyl (C=O) groups excluding carboxylic acids is 1. The van der Waals surface area contributed by atoms with Gasteiger partial charge in [0.2, 0.25) is 5.91 Å². The summed E-state index contributed by atoms with van der Waals surface area (Å²) >= 11 is 0. The fourth-order valence-electron chi connectivity index (χ4n) is 2.28. The summed E-state index contributed by atoms with van der Waals surface area (Å²) in [5.41, 5.74) is 1.19. The highest BCUT2D eigenvalue weighted by atomic mass is 16.5. The molecule has 5 nitrogen and oxygen atoms in total. The third-order valence-electron chi connectivity index (χ3n) is 3.33. The lowest BCUT2D eigenvalue weighted by molar-refractivity contribution is -0.133. The van der Waals surface area contributed by atoms with Gasteiger partial charge in [-0.2, -0.15) is 5.10 Å². The fourth-order valence-corrected chi connectivity index (χ4v) is 2.28. The zero-order valence-corrected chi connectivity index (χ0v) is 10.2. The molecule has 1 aliphatic heterocycles. The number of aromatic amines is 1. The van der Waals surface area contributed by atoms with E-state index in [1.807, 2.05) is 11.0 Å². The minimum atomic E-state index is 0.204. The van der Waals surface area contributed by atoms with Crippen molar-refractivity contribution in [3.8, 4) is 0 Å². The molecule has 1 aliphatic rings. The first-order valence-corrected chi connectivity index (χ1v) is 6.07. The number of aromatic nitrogens is 2. The van der Waals surface area contributed by atoms with Crippen LogP contribution in [0.15, 0.2) is 12.3 Å². The van der Waals surface area contributed by atoms with Crippen LogP contribution >= 0.6 is 0 Å². The number of hydrogen-bond donors (Lipinski definition) is 1. The molecule has 2 rings (SSSR count). The van der Waals surface area contributed by atoms with Crippen molar-refractivity contribution in [2.24, 2.45) is 0 Å². The smallest absolute Gasteiger partial charge is 0.224 e. The first-order valence-electron chi connectivity index (χ1n) is 6.07. The minimum absolute atomic E-state index is 0.204. The van der Waals surface area contributed by atoms with Crippen molar-refractivity contribution in [2.75, 3.05) is 26.8 Å². The zero-order chi connectivity index (χ0) is 12.1. The molecule has 0 spiro atoms. The molecule has 1 fully saturated rings. The predicted octanol–water partition coefficient (Wildman–Crippen LogP) is 1.15. The van der Waals surface area contributed by atoms with Gasteiger partial charge in [-0.25, -0.2) is 0 Å². The summed E-state index contributed by atoms with van der Waals surface area (Å²) in [5.74, 6) is 0.721. The van der Waals surface area contributed by atoms with E-state index < -0.39 is 0 Å². The minimum Gasteiger partial charge on any atom is -0.384 e. The molecule has 1 saturated heterocycles. The molecule has 1 N–H and O–H groups in total. The lowest BCUT2D eigenvalue weighted by atomic mass is 9.93. The third-order valence-corrected chi connectivity index (χ3v) is 3.33. The van der Waals surface area contributed by atoms with Crippen LogP contribution in [0, 0.1) is 0 Å². The van der Waals surface area contributed by atoms with E-state index in [4.69, 9.17) is 4.74 Å². The maximum Gasteiger partial charge on any atom is 0.224 e. The normalized spacial score (nSPS) is 17.4.